The summed E-state index contributed by atoms with van der Waals surface area (Å²) in [5, 5.41) is 3.66. The number of fused-ring (bicyclic) bond motifs is 1. The summed E-state index contributed by atoms with van der Waals surface area (Å²) < 4.78 is 11.0. The first-order valence-electron chi connectivity index (χ1n) is 7.86. The van der Waals surface area contributed by atoms with Gasteiger partial charge in [0, 0.05) is 24.1 Å². The van der Waals surface area contributed by atoms with E-state index in [1.54, 1.807) is 7.11 Å². The monoisotopic (exact) mass is 292 g/mol. The molecule has 0 aliphatic carbocycles. The number of nitrogens with one attached hydrogen (secondary N) is 1. The number of methoxy groups -OCH3 is 1. The van der Waals surface area contributed by atoms with Crippen LogP contribution in [0.3, 0.4) is 0 Å². The molecule has 21 heavy (non-hydrogen) atoms. The molecule has 1 N–H and O–H groups in total. The zero-order valence-electron chi connectivity index (χ0n) is 13.7. The second-order valence-corrected chi connectivity index (χ2v) is 5.98. The standard InChI is InChI=1S/C17H28N2O2/c1-13(2)19(3)10-5-9-18-16-8-11-21-17-7-6-14(20-4)12-15(16)17/h6-7,12-13,16,18H,5,8-11H2,1-4H3. The Hall–Kier alpha value is -1.26. The topological polar surface area (TPSA) is 33.7 Å². The molecule has 1 aromatic rings. The highest BCUT2D eigenvalue weighted by Crippen LogP contribution is 2.34. The second kappa shape index (κ2) is 7.66. The number of ether oxygens (including phenoxy) is 2. The first-order valence-corrected chi connectivity index (χ1v) is 7.86. The van der Waals surface area contributed by atoms with E-state index >= 15 is 0 Å². The Morgan fingerprint density at radius 2 is 2.24 bits per heavy atom. The molecule has 0 fully saturated rings. The molecule has 1 aliphatic rings. The van der Waals surface area contributed by atoms with Crippen molar-refractivity contribution in [2.24, 2.45) is 0 Å². The highest BCUT2D eigenvalue weighted by molar-refractivity contribution is 5.43. The van der Waals surface area contributed by atoms with Crippen LogP contribution in [0.25, 0.3) is 0 Å². The molecule has 1 heterocycles. The average molecular weight is 292 g/mol. The third kappa shape index (κ3) is 4.35. The molecule has 2 rings (SSSR count). The van der Waals surface area contributed by atoms with E-state index in [-0.39, 0.29) is 0 Å². The lowest BCUT2D eigenvalue weighted by Gasteiger charge is -2.28. The third-order valence-corrected chi connectivity index (χ3v) is 4.22. The van der Waals surface area contributed by atoms with E-state index in [0.717, 1.165) is 44.0 Å². The highest BCUT2D eigenvalue weighted by atomic mass is 16.5. The van der Waals surface area contributed by atoms with Crippen molar-refractivity contribution in [1.82, 2.24) is 10.2 Å². The summed E-state index contributed by atoms with van der Waals surface area (Å²) in [4.78, 5) is 2.38. The van der Waals surface area contributed by atoms with Gasteiger partial charge in [0.05, 0.1) is 13.7 Å². The fourth-order valence-corrected chi connectivity index (χ4v) is 2.57. The number of nitrogens with zero attached hydrogens (tertiary/aromatic N) is 1. The lowest BCUT2D eigenvalue weighted by atomic mass is 10.00. The van der Waals surface area contributed by atoms with E-state index in [1.807, 2.05) is 12.1 Å². The molecule has 1 atom stereocenters. The smallest absolute Gasteiger partial charge is 0.124 e. The van der Waals surface area contributed by atoms with Gasteiger partial charge in [0.2, 0.25) is 0 Å². The van der Waals surface area contributed by atoms with E-state index in [4.69, 9.17) is 9.47 Å². The van der Waals surface area contributed by atoms with Crippen LogP contribution in [0.1, 0.15) is 38.3 Å². The first kappa shape index (κ1) is 16.1. The van der Waals surface area contributed by atoms with Crippen LogP contribution >= 0.6 is 0 Å². The van der Waals surface area contributed by atoms with Crippen molar-refractivity contribution >= 4 is 0 Å². The Bertz CT molecular complexity index is 448. The predicted molar refractivity (Wildman–Crippen MR) is 86.2 cm³/mol. The minimum absolute atomic E-state index is 0.369. The molecule has 1 aliphatic heterocycles. The summed E-state index contributed by atoms with van der Waals surface area (Å²) in [5.74, 6) is 1.88. The van der Waals surface area contributed by atoms with Crippen molar-refractivity contribution in [1.29, 1.82) is 0 Å². The maximum atomic E-state index is 5.73. The molecule has 0 bridgehead atoms. The number of benzene rings is 1. The van der Waals surface area contributed by atoms with Gasteiger partial charge in [-0.05, 0) is 58.6 Å². The molecular weight excluding hydrogens is 264 g/mol. The van der Waals surface area contributed by atoms with E-state index in [2.05, 4.69) is 37.2 Å². The number of rotatable bonds is 7. The van der Waals surface area contributed by atoms with Crippen molar-refractivity contribution in [2.75, 3.05) is 33.9 Å². The lowest BCUT2D eigenvalue weighted by Crippen LogP contribution is -2.32. The molecule has 1 aromatic carbocycles. The van der Waals surface area contributed by atoms with Crippen molar-refractivity contribution in [3.8, 4) is 11.5 Å². The SMILES string of the molecule is COc1ccc2c(c1)C(NCCCN(C)C(C)C)CCO2. The van der Waals surface area contributed by atoms with Crippen molar-refractivity contribution < 1.29 is 9.47 Å². The van der Waals surface area contributed by atoms with E-state index in [0.29, 0.717) is 12.1 Å². The molecule has 0 spiro atoms. The van der Waals surface area contributed by atoms with Crippen molar-refractivity contribution in [3.05, 3.63) is 23.8 Å². The molecule has 0 radical (unpaired) electrons. The van der Waals surface area contributed by atoms with Gasteiger partial charge < -0.3 is 19.7 Å². The summed E-state index contributed by atoms with van der Waals surface area (Å²) in [6.07, 6.45) is 2.17. The molecule has 0 saturated carbocycles. The normalized spacial score (nSPS) is 17.7. The zero-order valence-corrected chi connectivity index (χ0v) is 13.7. The van der Waals surface area contributed by atoms with Gasteiger partial charge in [0.25, 0.3) is 0 Å². The van der Waals surface area contributed by atoms with Crippen LogP contribution in [0, 0.1) is 0 Å². The Morgan fingerprint density at radius 1 is 1.43 bits per heavy atom. The molecule has 4 nitrogen and oxygen atoms in total. The summed E-state index contributed by atoms with van der Waals surface area (Å²) in [6, 6.07) is 7.03. The Morgan fingerprint density at radius 3 is 2.95 bits per heavy atom. The largest absolute Gasteiger partial charge is 0.497 e. The predicted octanol–water partition coefficient (Wildman–Crippen LogP) is 2.84. The molecule has 1 unspecified atom stereocenters. The summed E-state index contributed by atoms with van der Waals surface area (Å²) in [5.41, 5.74) is 1.22. The summed E-state index contributed by atoms with van der Waals surface area (Å²) >= 11 is 0. The minimum Gasteiger partial charge on any atom is -0.497 e. The molecule has 0 saturated heterocycles. The maximum absolute atomic E-state index is 5.73. The lowest BCUT2D eigenvalue weighted by molar-refractivity contribution is 0.243. The minimum atomic E-state index is 0.369. The van der Waals surface area contributed by atoms with Gasteiger partial charge in [0.1, 0.15) is 11.5 Å². The fraction of sp³-hybridized carbons (Fsp3) is 0.647. The Balaban J connectivity index is 1.88. The van der Waals surface area contributed by atoms with Crippen LogP contribution in [0.2, 0.25) is 0 Å². The number of hydrogen-bond donors (Lipinski definition) is 1. The molecule has 0 aromatic heterocycles. The van der Waals surface area contributed by atoms with Crippen LogP contribution in [0.5, 0.6) is 11.5 Å². The van der Waals surface area contributed by atoms with E-state index < -0.39 is 0 Å². The highest BCUT2D eigenvalue weighted by Gasteiger charge is 2.21. The van der Waals surface area contributed by atoms with Gasteiger partial charge in [-0.1, -0.05) is 0 Å². The van der Waals surface area contributed by atoms with Gasteiger partial charge in [-0.3, -0.25) is 0 Å². The molecular formula is C17H28N2O2. The molecule has 0 amide bonds. The molecule has 118 valence electrons. The van der Waals surface area contributed by atoms with Crippen molar-refractivity contribution in [3.63, 3.8) is 0 Å². The zero-order chi connectivity index (χ0) is 15.2. The van der Waals surface area contributed by atoms with Gasteiger partial charge in [-0.15, -0.1) is 0 Å². The molecule has 4 heteroatoms. The van der Waals surface area contributed by atoms with Crippen LogP contribution in [-0.4, -0.2) is 44.8 Å². The van der Waals surface area contributed by atoms with Crippen LogP contribution in [0.4, 0.5) is 0 Å². The van der Waals surface area contributed by atoms with Crippen LogP contribution in [-0.2, 0) is 0 Å². The third-order valence-electron chi connectivity index (χ3n) is 4.22. The summed E-state index contributed by atoms with van der Waals surface area (Å²) in [6.45, 7) is 7.39. The Labute approximate surface area is 128 Å². The van der Waals surface area contributed by atoms with Gasteiger partial charge >= 0.3 is 0 Å². The maximum Gasteiger partial charge on any atom is 0.124 e. The quantitative estimate of drug-likeness (QED) is 0.784. The second-order valence-electron chi connectivity index (χ2n) is 5.98. The van der Waals surface area contributed by atoms with Crippen LogP contribution < -0.4 is 14.8 Å². The first-order chi connectivity index (χ1) is 10.1. The summed E-state index contributed by atoms with van der Waals surface area (Å²) in [7, 11) is 3.88. The fourth-order valence-electron chi connectivity index (χ4n) is 2.57. The van der Waals surface area contributed by atoms with Crippen molar-refractivity contribution in [2.45, 2.75) is 38.8 Å². The average Bonchev–Trinajstić information content (AvgIpc) is 2.50. The Kier molecular flexibility index (Phi) is 5.88. The van der Waals surface area contributed by atoms with Gasteiger partial charge in [0.15, 0.2) is 0 Å². The van der Waals surface area contributed by atoms with E-state index in [9.17, 15) is 0 Å². The van der Waals surface area contributed by atoms with Gasteiger partial charge in [-0.25, -0.2) is 0 Å². The number of hydrogen-bond acceptors (Lipinski definition) is 4. The van der Waals surface area contributed by atoms with Crippen LogP contribution in [0.15, 0.2) is 18.2 Å². The van der Waals surface area contributed by atoms with E-state index in [1.165, 1.54) is 5.56 Å². The van der Waals surface area contributed by atoms with Gasteiger partial charge in [-0.2, -0.15) is 0 Å².